The number of hydrazine groups is 1. The van der Waals surface area contributed by atoms with E-state index >= 15 is 0 Å². The minimum atomic E-state index is 0.484. The van der Waals surface area contributed by atoms with Gasteiger partial charge in [0.1, 0.15) is 0 Å². The largest absolute Gasteiger partial charge is 0.307 e. The van der Waals surface area contributed by atoms with Crippen LogP contribution in [0.15, 0.2) is 60.7 Å². The molecule has 1 aliphatic heterocycles. The van der Waals surface area contributed by atoms with Crippen LogP contribution in [0, 0.1) is 5.92 Å². The summed E-state index contributed by atoms with van der Waals surface area (Å²) >= 11 is 0. The molecule has 0 bridgehead atoms. The third-order valence-corrected chi connectivity index (χ3v) is 4.13. The van der Waals surface area contributed by atoms with Crippen molar-refractivity contribution in [1.29, 1.82) is 0 Å². The van der Waals surface area contributed by atoms with E-state index < -0.39 is 0 Å². The van der Waals surface area contributed by atoms with Crippen molar-refractivity contribution >= 4 is 5.69 Å². The molecule has 0 saturated carbocycles. The number of nitrogens with one attached hydrogen (secondary N) is 1. The topological polar surface area (TPSA) is 15.3 Å². The normalized spacial score (nSPS) is 22.4. The Morgan fingerprint density at radius 2 is 1.55 bits per heavy atom. The number of anilines is 1. The second-order valence-electron chi connectivity index (χ2n) is 5.86. The van der Waals surface area contributed by atoms with Crippen LogP contribution >= 0.6 is 0 Å². The lowest BCUT2D eigenvalue weighted by molar-refractivity contribution is 0.416. The highest BCUT2D eigenvalue weighted by atomic mass is 15.5. The lowest BCUT2D eigenvalue weighted by atomic mass is 9.87. The zero-order valence-electron chi connectivity index (χ0n) is 12.2. The van der Waals surface area contributed by atoms with Crippen molar-refractivity contribution in [1.82, 2.24) is 5.43 Å². The molecule has 1 aliphatic rings. The first-order chi connectivity index (χ1) is 9.75. The Morgan fingerprint density at radius 1 is 0.950 bits per heavy atom. The van der Waals surface area contributed by atoms with Gasteiger partial charge in [-0.1, -0.05) is 62.4 Å². The van der Waals surface area contributed by atoms with Crippen molar-refractivity contribution in [2.24, 2.45) is 5.92 Å². The highest BCUT2D eigenvalue weighted by Crippen LogP contribution is 2.32. The van der Waals surface area contributed by atoms with E-state index in [-0.39, 0.29) is 0 Å². The van der Waals surface area contributed by atoms with E-state index in [2.05, 4.69) is 84.9 Å². The monoisotopic (exact) mass is 266 g/mol. The molecule has 0 aromatic heterocycles. The number of nitrogens with zero attached hydrogens (tertiary/aromatic N) is 1. The number of hydrogen-bond donors (Lipinski definition) is 1. The van der Waals surface area contributed by atoms with Crippen LogP contribution in [0.3, 0.4) is 0 Å². The summed E-state index contributed by atoms with van der Waals surface area (Å²) in [6, 6.07) is 21.9. The van der Waals surface area contributed by atoms with Crippen molar-refractivity contribution in [3.05, 3.63) is 66.2 Å². The van der Waals surface area contributed by atoms with Crippen LogP contribution in [0.25, 0.3) is 0 Å². The predicted molar refractivity (Wildman–Crippen MR) is 84.7 cm³/mol. The summed E-state index contributed by atoms with van der Waals surface area (Å²) in [5, 5.41) is 2.29. The second-order valence-corrected chi connectivity index (χ2v) is 5.86. The van der Waals surface area contributed by atoms with E-state index in [1.54, 1.807) is 0 Å². The maximum absolute atomic E-state index is 3.69. The van der Waals surface area contributed by atoms with Gasteiger partial charge < -0.3 is 5.01 Å². The fourth-order valence-electron chi connectivity index (χ4n) is 3.05. The molecular formula is C18H22N2. The standard InChI is InChI=1S/C18H22N2/c1-14(2)18-17(15-9-5-3-6-10-15)13-20(19-18)16-11-7-4-8-12-16/h3-12,14,17-19H,13H2,1-2H3. The first-order valence-electron chi connectivity index (χ1n) is 7.39. The van der Waals surface area contributed by atoms with E-state index in [4.69, 9.17) is 0 Å². The van der Waals surface area contributed by atoms with E-state index in [9.17, 15) is 0 Å². The van der Waals surface area contributed by atoms with Crippen LogP contribution in [0.5, 0.6) is 0 Å². The van der Waals surface area contributed by atoms with Crippen molar-refractivity contribution in [3.8, 4) is 0 Å². The van der Waals surface area contributed by atoms with Gasteiger partial charge in [-0.3, -0.25) is 0 Å². The van der Waals surface area contributed by atoms with Crippen molar-refractivity contribution in [2.75, 3.05) is 11.6 Å². The van der Waals surface area contributed by atoms with Gasteiger partial charge in [0.05, 0.1) is 5.69 Å². The highest BCUT2D eigenvalue weighted by molar-refractivity contribution is 5.47. The predicted octanol–water partition coefficient (Wildman–Crippen LogP) is 3.82. The number of rotatable bonds is 3. The van der Waals surface area contributed by atoms with E-state index in [0.29, 0.717) is 17.9 Å². The van der Waals surface area contributed by atoms with E-state index in [1.165, 1.54) is 11.3 Å². The average molecular weight is 266 g/mol. The highest BCUT2D eigenvalue weighted by Gasteiger charge is 2.35. The van der Waals surface area contributed by atoms with Crippen LogP contribution in [0.4, 0.5) is 5.69 Å². The van der Waals surface area contributed by atoms with Crippen molar-refractivity contribution in [2.45, 2.75) is 25.8 Å². The molecule has 0 aliphatic carbocycles. The van der Waals surface area contributed by atoms with Gasteiger partial charge in [-0.05, 0) is 23.6 Å². The minimum absolute atomic E-state index is 0.484. The maximum atomic E-state index is 3.69. The van der Waals surface area contributed by atoms with Crippen LogP contribution < -0.4 is 10.4 Å². The van der Waals surface area contributed by atoms with Gasteiger partial charge in [-0.25, -0.2) is 5.43 Å². The summed E-state index contributed by atoms with van der Waals surface area (Å²) in [7, 11) is 0. The molecular weight excluding hydrogens is 244 g/mol. The molecule has 2 nitrogen and oxygen atoms in total. The molecule has 20 heavy (non-hydrogen) atoms. The van der Waals surface area contributed by atoms with Gasteiger partial charge >= 0.3 is 0 Å². The third kappa shape index (κ3) is 2.56. The van der Waals surface area contributed by atoms with Crippen LogP contribution in [-0.2, 0) is 0 Å². The molecule has 1 saturated heterocycles. The molecule has 2 aromatic carbocycles. The Balaban J connectivity index is 1.87. The quantitative estimate of drug-likeness (QED) is 0.908. The fraction of sp³-hybridized carbons (Fsp3) is 0.333. The summed E-state index contributed by atoms with van der Waals surface area (Å²) in [6.45, 7) is 5.61. The van der Waals surface area contributed by atoms with E-state index in [1.807, 2.05) is 0 Å². The summed E-state index contributed by atoms with van der Waals surface area (Å²) in [4.78, 5) is 0. The van der Waals surface area contributed by atoms with Gasteiger partial charge in [0, 0.05) is 18.5 Å². The number of benzene rings is 2. The summed E-state index contributed by atoms with van der Waals surface area (Å²) < 4.78 is 0. The first kappa shape index (κ1) is 13.2. The van der Waals surface area contributed by atoms with Gasteiger partial charge in [0.15, 0.2) is 0 Å². The Kier molecular flexibility index (Phi) is 3.75. The summed E-state index contributed by atoms with van der Waals surface area (Å²) in [5.41, 5.74) is 6.36. The number of para-hydroxylation sites is 1. The SMILES string of the molecule is CC(C)C1NN(c2ccccc2)CC1c1ccccc1. The molecule has 1 N–H and O–H groups in total. The lowest BCUT2D eigenvalue weighted by Gasteiger charge is -2.23. The minimum Gasteiger partial charge on any atom is -0.307 e. The third-order valence-electron chi connectivity index (χ3n) is 4.13. The molecule has 1 heterocycles. The summed E-state index contributed by atoms with van der Waals surface area (Å²) in [5.74, 6) is 1.14. The molecule has 0 radical (unpaired) electrons. The van der Waals surface area contributed by atoms with Crippen LogP contribution in [0.1, 0.15) is 25.3 Å². The molecule has 1 fully saturated rings. The second kappa shape index (κ2) is 5.68. The Morgan fingerprint density at radius 3 is 2.15 bits per heavy atom. The summed E-state index contributed by atoms with van der Waals surface area (Å²) in [6.07, 6.45) is 0. The molecule has 2 unspecified atom stereocenters. The van der Waals surface area contributed by atoms with Gasteiger partial charge in [-0.2, -0.15) is 0 Å². The van der Waals surface area contributed by atoms with E-state index in [0.717, 1.165) is 6.54 Å². The average Bonchev–Trinajstić information content (AvgIpc) is 2.94. The number of hydrogen-bond acceptors (Lipinski definition) is 2. The molecule has 104 valence electrons. The zero-order chi connectivity index (χ0) is 13.9. The van der Waals surface area contributed by atoms with Crippen molar-refractivity contribution < 1.29 is 0 Å². The maximum Gasteiger partial charge on any atom is 0.0520 e. The Labute approximate surface area is 121 Å². The molecule has 2 atom stereocenters. The molecule has 3 rings (SSSR count). The Bertz CT molecular complexity index is 536. The van der Waals surface area contributed by atoms with Gasteiger partial charge in [0.2, 0.25) is 0 Å². The zero-order valence-corrected chi connectivity index (χ0v) is 12.2. The van der Waals surface area contributed by atoms with Gasteiger partial charge in [0.25, 0.3) is 0 Å². The fourth-order valence-corrected chi connectivity index (χ4v) is 3.05. The van der Waals surface area contributed by atoms with Crippen LogP contribution in [0.2, 0.25) is 0 Å². The smallest absolute Gasteiger partial charge is 0.0520 e. The van der Waals surface area contributed by atoms with Crippen LogP contribution in [-0.4, -0.2) is 12.6 Å². The lowest BCUT2D eigenvalue weighted by Crippen LogP contribution is -2.38. The van der Waals surface area contributed by atoms with Gasteiger partial charge in [-0.15, -0.1) is 0 Å². The molecule has 0 spiro atoms. The molecule has 2 aromatic rings. The van der Waals surface area contributed by atoms with Crippen molar-refractivity contribution in [3.63, 3.8) is 0 Å². The molecule has 2 heteroatoms. The molecule has 0 amide bonds. The first-order valence-corrected chi connectivity index (χ1v) is 7.39. The Hall–Kier alpha value is -1.80.